The lowest BCUT2D eigenvalue weighted by molar-refractivity contribution is -0.209. The number of hydrogen-bond acceptors (Lipinski definition) is 10. The van der Waals surface area contributed by atoms with E-state index >= 15 is 4.39 Å². The molecular weight excluding hydrogens is 578 g/mol. The lowest BCUT2D eigenvalue weighted by Crippen LogP contribution is -2.54. The predicted octanol–water partition coefficient (Wildman–Crippen LogP) is 2.84. The third kappa shape index (κ3) is 6.83. The molecule has 0 radical (unpaired) electrons. The number of fused-ring (bicyclic) bond motifs is 1. The Morgan fingerprint density at radius 2 is 1.93 bits per heavy atom. The van der Waals surface area contributed by atoms with Gasteiger partial charge in [0, 0.05) is 6.20 Å². The maximum Gasteiger partial charge on any atom is 0.323 e. The molecule has 0 spiro atoms. The van der Waals surface area contributed by atoms with Crippen molar-refractivity contribution < 1.29 is 47.5 Å². The van der Waals surface area contributed by atoms with Crippen molar-refractivity contribution in [1.82, 2.24) is 9.99 Å². The monoisotopic (exact) mass is 610 g/mol. The minimum absolute atomic E-state index is 0.267. The fraction of sp³-hybridized carbons (Fsp3) is 0.444. The number of carbonyl (C=O) groups is 3. The molecule has 41 heavy (non-hydrogen) atoms. The van der Waals surface area contributed by atoms with Crippen molar-refractivity contribution in [2.24, 2.45) is 0 Å². The number of benzene rings is 2. The molecule has 222 valence electrons. The van der Waals surface area contributed by atoms with Crippen molar-refractivity contribution in [1.29, 1.82) is 0 Å². The summed E-state index contributed by atoms with van der Waals surface area (Å²) < 4.78 is 38.5. The van der Waals surface area contributed by atoms with Crippen LogP contribution in [-0.2, 0) is 40.2 Å². The number of rotatable bonds is 10. The zero-order valence-corrected chi connectivity index (χ0v) is 24.6. The van der Waals surface area contributed by atoms with Crippen molar-refractivity contribution in [2.45, 2.75) is 70.0 Å². The van der Waals surface area contributed by atoms with Crippen LogP contribution in [0, 0.1) is 0 Å². The second kappa shape index (κ2) is 11.8. The number of aliphatic hydroxyl groups is 2. The van der Waals surface area contributed by atoms with E-state index < -0.39 is 73.3 Å². The van der Waals surface area contributed by atoms with E-state index in [1.807, 2.05) is 24.3 Å². The molecule has 2 heterocycles. The van der Waals surface area contributed by atoms with Gasteiger partial charge in [-0.25, -0.2) is 9.48 Å². The van der Waals surface area contributed by atoms with Crippen molar-refractivity contribution in [3.63, 3.8) is 0 Å². The summed E-state index contributed by atoms with van der Waals surface area (Å²) in [4.78, 5) is 37.4. The molecule has 4 rings (SSSR count). The zero-order chi connectivity index (χ0) is 30.2. The van der Waals surface area contributed by atoms with Crippen LogP contribution in [0.3, 0.4) is 0 Å². The van der Waals surface area contributed by atoms with Crippen LogP contribution >= 0.6 is 6.64 Å². The minimum atomic E-state index is -3.78. The topological polar surface area (TPSA) is 144 Å². The van der Waals surface area contributed by atoms with Crippen molar-refractivity contribution in [3.05, 3.63) is 54.7 Å². The smallest absolute Gasteiger partial charge is 0.323 e. The Morgan fingerprint density at radius 3 is 2.59 bits per heavy atom. The molecule has 1 saturated heterocycles. The number of halogens is 1. The van der Waals surface area contributed by atoms with Crippen LogP contribution in [-0.4, -0.2) is 75.3 Å². The number of amides is 1. The molecule has 1 fully saturated rings. The second-order valence-corrected chi connectivity index (χ2v) is 13.5. The van der Waals surface area contributed by atoms with Gasteiger partial charge in [0.15, 0.2) is 12.0 Å². The second-order valence-electron chi connectivity index (χ2n) is 10.4. The van der Waals surface area contributed by atoms with E-state index in [4.69, 9.17) is 30.3 Å². The fourth-order valence-corrected chi connectivity index (χ4v) is 6.78. The third-order valence-electron chi connectivity index (χ3n) is 6.49. The maximum atomic E-state index is 16.2. The molecule has 2 aliphatic rings. The van der Waals surface area contributed by atoms with Crippen molar-refractivity contribution in [3.8, 4) is 5.75 Å². The molecule has 6 atom stereocenters. The van der Waals surface area contributed by atoms with Gasteiger partial charge in [-0.05, 0) is 68.5 Å². The SMILES string of the molecule is CC(C)OC(=O)[C@H](C)NP(=S)(OC[C@@]1(F)O[C@@H](N2C=CC(=O)CC2=O)[C@](C)(O)[C@@H]1O)Oc1ccc2ccccc2c1. The molecule has 3 N–H and O–H groups in total. The molecule has 1 unspecified atom stereocenters. The van der Waals surface area contributed by atoms with Crippen molar-refractivity contribution >= 4 is 46.9 Å². The third-order valence-corrected chi connectivity index (χ3v) is 8.97. The highest BCUT2D eigenvalue weighted by Crippen LogP contribution is 2.49. The summed E-state index contributed by atoms with van der Waals surface area (Å²) in [5.74, 6) is -4.67. The van der Waals surface area contributed by atoms with Crippen LogP contribution in [0.25, 0.3) is 10.8 Å². The van der Waals surface area contributed by atoms with Gasteiger partial charge < -0.3 is 28.7 Å². The summed E-state index contributed by atoms with van der Waals surface area (Å²) in [7, 11) is 0. The number of carbonyl (C=O) groups excluding carboxylic acids is 3. The Morgan fingerprint density at radius 1 is 1.24 bits per heavy atom. The van der Waals surface area contributed by atoms with Gasteiger partial charge in [0.2, 0.25) is 5.91 Å². The Kier molecular flexibility index (Phi) is 9.01. The van der Waals surface area contributed by atoms with E-state index in [1.165, 1.54) is 6.92 Å². The highest BCUT2D eigenvalue weighted by atomic mass is 32.5. The largest absolute Gasteiger partial charge is 0.462 e. The van der Waals surface area contributed by atoms with Crippen LogP contribution in [0.4, 0.5) is 4.39 Å². The number of alkyl halides is 1. The number of aliphatic hydroxyl groups excluding tert-OH is 1. The molecule has 0 saturated carbocycles. The molecule has 0 aromatic heterocycles. The molecule has 2 aliphatic heterocycles. The normalized spacial score (nSPS) is 28.6. The van der Waals surface area contributed by atoms with Gasteiger partial charge >= 0.3 is 12.6 Å². The highest BCUT2D eigenvalue weighted by Gasteiger charge is 2.65. The van der Waals surface area contributed by atoms with E-state index in [0.29, 0.717) is 0 Å². The molecule has 14 heteroatoms. The van der Waals surface area contributed by atoms with Gasteiger partial charge in [0.1, 0.15) is 30.1 Å². The van der Waals surface area contributed by atoms with Gasteiger partial charge in [0.05, 0.1) is 12.5 Å². The summed E-state index contributed by atoms with van der Waals surface area (Å²) in [6.45, 7) is 1.09. The van der Waals surface area contributed by atoms with E-state index in [9.17, 15) is 24.6 Å². The van der Waals surface area contributed by atoms with Gasteiger partial charge in [-0.15, -0.1) is 0 Å². The Labute approximate surface area is 241 Å². The average molecular weight is 611 g/mol. The molecule has 2 aromatic rings. The number of ether oxygens (including phenoxy) is 2. The lowest BCUT2D eigenvalue weighted by Gasteiger charge is -2.34. The Hall–Kier alpha value is -2.77. The number of esters is 1. The Balaban J connectivity index is 1.59. The van der Waals surface area contributed by atoms with Gasteiger partial charge in [-0.1, -0.05) is 30.3 Å². The van der Waals surface area contributed by atoms with E-state index in [0.717, 1.165) is 34.9 Å². The van der Waals surface area contributed by atoms with Crippen LogP contribution in [0.15, 0.2) is 54.7 Å². The molecule has 0 bridgehead atoms. The molecular formula is C27H32FN2O9PS. The number of hydrogen-bond donors (Lipinski definition) is 3. The average Bonchev–Trinajstić information content (AvgIpc) is 3.07. The van der Waals surface area contributed by atoms with Crippen LogP contribution in [0.5, 0.6) is 5.75 Å². The fourth-order valence-electron chi connectivity index (χ4n) is 4.40. The first-order valence-electron chi connectivity index (χ1n) is 12.8. The zero-order valence-electron chi connectivity index (χ0n) is 22.9. The Bertz CT molecular complexity index is 1420. The van der Waals surface area contributed by atoms with Crippen LogP contribution < -0.4 is 9.61 Å². The van der Waals surface area contributed by atoms with E-state index in [1.54, 1.807) is 32.0 Å². The summed E-state index contributed by atoms with van der Waals surface area (Å²) >= 11 is 5.65. The molecule has 1 amide bonds. The van der Waals surface area contributed by atoms with Crippen molar-refractivity contribution in [2.75, 3.05) is 6.61 Å². The quantitative estimate of drug-likeness (QED) is 0.208. The number of nitrogens with zero attached hydrogens (tertiary/aromatic N) is 1. The maximum absolute atomic E-state index is 16.2. The van der Waals surface area contributed by atoms with E-state index in [-0.39, 0.29) is 5.75 Å². The summed E-state index contributed by atoms with van der Waals surface area (Å²) in [6.07, 6.45) is -2.66. The van der Waals surface area contributed by atoms with Gasteiger partial charge in [-0.2, -0.15) is 0 Å². The first-order chi connectivity index (χ1) is 19.1. The van der Waals surface area contributed by atoms with Crippen LogP contribution in [0.1, 0.15) is 34.1 Å². The first kappa shape index (κ1) is 31.2. The summed E-state index contributed by atoms with van der Waals surface area (Å²) in [5, 5.41) is 26.3. The lowest BCUT2D eigenvalue weighted by atomic mass is 9.94. The number of ketones is 1. The number of nitrogens with one attached hydrogen (secondary N) is 1. The van der Waals surface area contributed by atoms with Gasteiger partial charge in [0.25, 0.3) is 5.85 Å². The van der Waals surface area contributed by atoms with E-state index in [2.05, 4.69) is 5.09 Å². The predicted molar refractivity (Wildman–Crippen MR) is 150 cm³/mol. The minimum Gasteiger partial charge on any atom is -0.462 e. The summed E-state index contributed by atoms with van der Waals surface area (Å²) in [5.41, 5.74) is -2.30. The number of allylic oxidation sites excluding steroid dienone is 1. The van der Waals surface area contributed by atoms with Gasteiger partial charge in [-0.3, -0.25) is 19.3 Å². The standard InChI is InChI=1S/C27H32FN2O9PS/c1-16(2)37-23(33)17(3)29-40(41,39-21-10-9-18-7-5-6-8-19(18)13-21)36-15-27(28)24(34)26(4,35)25(38-27)30-12-11-20(31)14-22(30)32/h5-13,16-17,24-25,34-35H,14-15H2,1-4H3,(H,29,41)/t17-,24-,25+,26+,27+,40?/m0/s1. The van der Waals surface area contributed by atoms with Crippen LogP contribution in [0.2, 0.25) is 0 Å². The highest BCUT2D eigenvalue weighted by molar-refractivity contribution is 8.09. The molecule has 0 aliphatic carbocycles. The molecule has 11 nitrogen and oxygen atoms in total. The first-order valence-corrected chi connectivity index (χ1v) is 15.5. The summed E-state index contributed by atoms with van der Waals surface area (Å²) in [6, 6.07) is 11.6. The molecule has 2 aromatic carbocycles.